The van der Waals surface area contributed by atoms with Gasteiger partial charge in [-0.05, 0) is 73.1 Å². The zero-order valence-electron chi connectivity index (χ0n) is 12.1. The van der Waals surface area contributed by atoms with Crippen LogP contribution in [-0.2, 0) is 12.8 Å². The molecule has 2 aliphatic rings. The van der Waals surface area contributed by atoms with E-state index in [1.807, 2.05) is 12.1 Å². The molecule has 1 aromatic carbocycles. The number of aromatic hydroxyl groups is 1. The highest BCUT2D eigenvalue weighted by Crippen LogP contribution is 2.40. The lowest BCUT2D eigenvalue weighted by molar-refractivity contribution is 0.187. The second kappa shape index (κ2) is 5.56. The van der Waals surface area contributed by atoms with E-state index in [0.717, 1.165) is 17.8 Å². The number of benzene rings is 1. The van der Waals surface area contributed by atoms with Gasteiger partial charge in [-0.1, -0.05) is 32.3 Å². The van der Waals surface area contributed by atoms with Gasteiger partial charge in [0.2, 0.25) is 0 Å². The van der Waals surface area contributed by atoms with Crippen molar-refractivity contribution in [1.29, 1.82) is 0 Å². The molecular weight excluding hydrogens is 232 g/mol. The predicted molar refractivity (Wildman–Crippen MR) is 79.4 cm³/mol. The Kier molecular flexibility index (Phi) is 3.81. The average molecular weight is 258 g/mol. The SMILES string of the molecule is CCC1CCC(C2CCc3cc(O)ccc3C2)CC1. The molecule has 0 bridgehead atoms. The zero-order chi connectivity index (χ0) is 13.2. The van der Waals surface area contributed by atoms with Crippen molar-refractivity contribution in [3.05, 3.63) is 29.3 Å². The van der Waals surface area contributed by atoms with Crippen LogP contribution in [0.2, 0.25) is 0 Å². The molecule has 1 saturated carbocycles. The molecule has 1 unspecified atom stereocenters. The lowest BCUT2D eigenvalue weighted by Crippen LogP contribution is -2.26. The van der Waals surface area contributed by atoms with Gasteiger partial charge in [-0.25, -0.2) is 0 Å². The average Bonchev–Trinajstić information content (AvgIpc) is 2.47. The monoisotopic (exact) mass is 258 g/mol. The number of aryl methyl sites for hydroxylation is 1. The predicted octanol–water partition coefficient (Wildman–Crippen LogP) is 4.71. The number of phenols is 1. The van der Waals surface area contributed by atoms with Crippen LogP contribution < -0.4 is 0 Å². The van der Waals surface area contributed by atoms with Crippen LogP contribution in [0.4, 0.5) is 0 Å². The minimum Gasteiger partial charge on any atom is -0.508 e. The van der Waals surface area contributed by atoms with Crippen molar-refractivity contribution in [2.45, 2.75) is 58.3 Å². The van der Waals surface area contributed by atoms with Gasteiger partial charge >= 0.3 is 0 Å². The summed E-state index contributed by atoms with van der Waals surface area (Å²) in [6, 6.07) is 5.98. The first-order valence-corrected chi connectivity index (χ1v) is 8.07. The summed E-state index contributed by atoms with van der Waals surface area (Å²) in [6.45, 7) is 2.34. The van der Waals surface area contributed by atoms with Crippen molar-refractivity contribution >= 4 is 0 Å². The maximum absolute atomic E-state index is 9.56. The molecule has 0 saturated heterocycles. The van der Waals surface area contributed by atoms with Crippen LogP contribution in [-0.4, -0.2) is 5.11 Å². The Morgan fingerprint density at radius 3 is 2.53 bits per heavy atom. The molecule has 1 nitrogen and oxygen atoms in total. The molecule has 0 heterocycles. The van der Waals surface area contributed by atoms with E-state index < -0.39 is 0 Å². The first-order valence-electron chi connectivity index (χ1n) is 8.07. The van der Waals surface area contributed by atoms with Gasteiger partial charge in [0, 0.05) is 0 Å². The summed E-state index contributed by atoms with van der Waals surface area (Å²) in [4.78, 5) is 0. The fraction of sp³-hybridized carbons (Fsp3) is 0.667. The molecule has 0 amide bonds. The lowest BCUT2D eigenvalue weighted by atomic mass is 9.69. The molecule has 0 radical (unpaired) electrons. The minimum absolute atomic E-state index is 0.431. The van der Waals surface area contributed by atoms with Crippen LogP contribution >= 0.6 is 0 Å². The van der Waals surface area contributed by atoms with Crippen molar-refractivity contribution in [3.8, 4) is 5.75 Å². The Balaban J connectivity index is 1.64. The second-order valence-electron chi connectivity index (χ2n) is 6.64. The summed E-state index contributed by atoms with van der Waals surface area (Å²) in [6.07, 6.45) is 10.9. The van der Waals surface area contributed by atoms with E-state index in [1.54, 1.807) is 0 Å². The first-order chi connectivity index (χ1) is 9.26. The molecule has 1 N–H and O–H groups in total. The number of hydrogen-bond donors (Lipinski definition) is 1. The normalized spacial score (nSPS) is 30.9. The van der Waals surface area contributed by atoms with E-state index >= 15 is 0 Å². The summed E-state index contributed by atoms with van der Waals surface area (Å²) in [5.41, 5.74) is 2.88. The summed E-state index contributed by atoms with van der Waals surface area (Å²) >= 11 is 0. The smallest absolute Gasteiger partial charge is 0.115 e. The highest BCUT2D eigenvalue weighted by Gasteiger charge is 2.29. The van der Waals surface area contributed by atoms with E-state index in [4.69, 9.17) is 0 Å². The van der Waals surface area contributed by atoms with Gasteiger partial charge in [-0.15, -0.1) is 0 Å². The van der Waals surface area contributed by atoms with Crippen LogP contribution in [0.5, 0.6) is 5.75 Å². The van der Waals surface area contributed by atoms with Gasteiger partial charge < -0.3 is 5.11 Å². The molecule has 1 fully saturated rings. The fourth-order valence-corrected chi connectivity index (χ4v) is 4.24. The van der Waals surface area contributed by atoms with Crippen LogP contribution in [0.25, 0.3) is 0 Å². The molecule has 2 aliphatic carbocycles. The van der Waals surface area contributed by atoms with Gasteiger partial charge in [0.15, 0.2) is 0 Å². The zero-order valence-corrected chi connectivity index (χ0v) is 12.1. The lowest BCUT2D eigenvalue weighted by Gasteiger charge is -2.36. The van der Waals surface area contributed by atoms with Crippen molar-refractivity contribution in [1.82, 2.24) is 0 Å². The Bertz CT molecular complexity index is 429. The highest BCUT2D eigenvalue weighted by atomic mass is 16.3. The summed E-state index contributed by atoms with van der Waals surface area (Å²) in [5.74, 6) is 3.30. The van der Waals surface area contributed by atoms with Gasteiger partial charge in [0.05, 0.1) is 0 Å². The Morgan fingerprint density at radius 2 is 1.79 bits per heavy atom. The summed E-state index contributed by atoms with van der Waals surface area (Å²) < 4.78 is 0. The molecular formula is C18H26O. The van der Waals surface area contributed by atoms with E-state index in [0.29, 0.717) is 5.75 Å². The molecule has 1 aromatic rings. The molecule has 0 aromatic heterocycles. The third-order valence-electron chi connectivity index (χ3n) is 5.59. The summed E-state index contributed by atoms with van der Waals surface area (Å²) in [7, 11) is 0. The summed E-state index contributed by atoms with van der Waals surface area (Å²) in [5, 5.41) is 9.56. The molecule has 3 rings (SSSR count). The molecule has 104 valence electrons. The van der Waals surface area contributed by atoms with Gasteiger partial charge in [-0.2, -0.15) is 0 Å². The first kappa shape index (κ1) is 13.0. The highest BCUT2D eigenvalue weighted by molar-refractivity contribution is 5.36. The molecule has 1 heteroatoms. The maximum atomic E-state index is 9.56. The Hall–Kier alpha value is -0.980. The van der Waals surface area contributed by atoms with Crippen molar-refractivity contribution in [2.24, 2.45) is 17.8 Å². The van der Waals surface area contributed by atoms with Crippen molar-refractivity contribution in [3.63, 3.8) is 0 Å². The van der Waals surface area contributed by atoms with Crippen molar-refractivity contribution in [2.75, 3.05) is 0 Å². The van der Waals surface area contributed by atoms with Crippen LogP contribution in [0, 0.1) is 17.8 Å². The number of fused-ring (bicyclic) bond motifs is 1. The van der Waals surface area contributed by atoms with E-state index in [2.05, 4.69) is 13.0 Å². The third-order valence-corrected chi connectivity index (χ3v) is 5.59. The standard InChI is InChI=1S/C18H26O/c1-2-13-3-5-14(6-4-13)15-7-8-17-12-18(19)10-9-16(17)11-15/h9-10,12-15,19H,2-8,11H2,1H3. The molecule has 19 heavy (non-hydrogen) atoms. The third kappa shape index (κ3) is 2.80. The van der Waals surface area contributed by atoms with Gasteiger partial charge in [0.1, 0.15) is 5.75 Å². The fourth-order valence-electron chi connectivity index (χ4n) is 4.24. The van der Waals surface area contributed by atoms with Gasteiger partial charge in [-0.3, -0.25) is 0 Å². The largest absolute Gasteiger partial charge is 0.508 e. The number of phenolic OH excluding ortho intramolecular Hbond substituents is 1. The quantitative estimate of drug-likeness (QED) is 0.814. The molecule has 0 aliphatic heterocycles. The Labute approximate surface area is 117 Å². The van der Waals surface area contributed by atoms with Crippen LogP contribution in [0.3, 0.4) is 0 Å². The van der Waals surface area contributed by atoms with E-state index in [9.17, 15) is 5.11 Å². The maximum Gasteiger partial charge on any atom is 0.115 e. The number of rotatable bonds is 2. The van der Waals surface area contributed by atoms with Crippen LogP contribution in [0.1, 0.15) is 56.6 Å². The topological polar surface area (TPSA) is 20.2 Å². The Morgan fingerprint density at radius 1 is 1.00 bits per heavy atom. The minimum atomic E-state index is 0.431. The van der Waals surface area contributed by atoms with Crippen molar-refractivity contribution < 1.29 is 5.11 Å². The van der Waals surface area contributed by atoms with E-state index in [1.165, 1.54) is 62.5 Å². The van der Waals surface area contributed by atoms with E-state index in [-0.39, 0.29) is 0 Å². The number of hydrogen-bond acceptors (Lipinski definition) is 1. The van der Waals surface area contributed by atoms with Gasteiger partial charge in [0.25, 0.3) is 0 Å². The van der Waals surface area contributed by atoms with Crippen LogP contribution in [0.15, 0.2) is 18.2 Å². The molecule has 1 atom stereocenters. The molecule has 0 spiro atoms. The second-order valence-corrected chi connectivity index (χ2v) is 6.64.